The molecule has 0 bridgehead atoms. The van der Waals surface area contributed by atoms with Gasteiger partial charge in [0.05, 0.1) is 11.6 Å². The quantitative estimate of drug-likeness (QED) is 0.307. The van der Waals surface area contributed by atoms with E-state index in [-0.39, 0.29) is 5.70 Å². The molecule has 1 aliphatic rings. The number of hydrogen-bond donors (Lipinski definition) is 0. The van der Waals surface area contributed by atoms with Gasteiger partial charge in [-0.05, 0) is 61.7 Å². The smallest absolute Gasteiger partial charge is 0.363 e. The van der Waals surface area contributed by atoms with Gasteiger partial charge in [0.1, 0.15) is 6.61 Å². The standard InChI is InChI=1S/C27H24ClNO4/c1-4-31-24-15-20(13-22(28)25(24)32-16-19-10-7-8-17(2)12-19)14-23-27(30)33-26(29-23)21-11-6-5-9-18(21)3/h5-15H,4,16H2,1-3H3/b23-14-. The Morgan fingerprint density at radius 1 is 1.03 bits per heavy atom. The molecule has 0 radical (unpaired) electrons. The number of carbonyl (C=O) groups is 1. The van der Waals surface area contributed by atoms with E-state index in [1.165, 1.54) is 0 Å². The minimum atomic E-state index is -0.512. The van der Waals surface area contributed by atoms with Gasteiger partial charge in [0.25, 0.3) is 0 Å². The first kappa shape index (κ1) is 22.6. The van der Waals surface area contributed by atoms with Crippen molar-refractivity contribution in [3.8, 4) is 11.5 Å². The van der Waals surface area contributed by atoms with Crippen LogP contribution in [0.1, 0.15) is 34.7 Å². The lowest BCUT2D eigenvalue weighted by molar-refractivity contribution is -0.129. The Labute approximate surface area is 198 Å². The van der Waals surface area contributed by atoms with Gasteiger partial charge < -0.3 is 14.2 Å². The molecule has 0 spiro atoms. The van der Waals surface area contributed by atoms with Gasteiger partial charge in [-0.25, -0.2) is 9.79 Å². The Kier molecular flexibility index (Phi) is 6.80. The molecule has 5 nitrogen and oxygen atoms in total. The third kappa shape index (κ3) is 5.26. The van der Waals surface area contributed by atoms with E-state index in [4.69, 9.17) is 25.8 Å². The third-order valence-corrected chi connectivity index (χ3v) is 5.38. The number of halogens is 1. The van der Waals surface area contributed by atoms with Crippen LogP contribution in [0.2, 0.25) is 5.02 Å². The second-order valence-corrected chi connectivity index (χ2v) is 8.10. The molecule has 0 amide bonds. The Hall–Kier alpha value is -3.57. The third-order valence-electron chi connectivity index (χ3n) is 5.10. The molecule has 168 valence electrons. The molecule has 0 saturated carbocycles. The molecule has 1 heterocycles. The van der Waals surface area contributed by atoms with Crippen molar-refractivity contribution < 1.29 is 19.0 Å². The van der Waals surface area contributed by atoms with Gasteiger partial charge in [-0.1, -0.05) is 59.6 Å². The van der Waals surface area contributed by atoms with E-state index < -0.39 is 5.97 Å². The molecule has 0 aliphatic carbocycles. The zero-order valence-corrected chi connectivity index (χ0v) is 19.5. The molecule has 0 unspecified atom stereocenters. The summed E-state index contributed by atoms with van der Waals surface area (Å²) < 4.78 is 17.2. The van der Waals surface area contributed by atoms with Crippen molar-refractivity contribution in [3.63, 3.8) is 0 Å². The first-order valence-corrected chi connectivity index (χ1v) is 11.1. The number of esters is 1. The number of benzene rings is 3. The van der Waals surface area contributed by atoms with E-state index in [2.05, 4.69) is 11.1 Å². The van der Waals surface area contributed by atoms with E-state index in [0.717, 1.165) is 22.3 Å². The van der Waals surface area contributed by atoms with E-state index in [0.29, 0.717) is 41.2 Å². The molecule has 3 aromatic carbocycles. The highest BCUT2D eigenvalue weighted by molar-refractivity contribution is 6.32. The summed E-state index contributed by atoms with van der Waals surface area (Å²) in [5.74, 6) is 0.736. The number of rotatable bonds is 7. The molecule has 0 N–H and O–H groups in total. The van der Waals surface area contributed by atoms with Crippen molar-refractivity contribution in [2.24, 2.45) is 4.99 Å². The summed E-state index contributed by atoms with van der Waals surface area (Å²) in [5.41, 5.74) is 4.80. The van der Waals surface area contributed by atoms with Gasteiger partial charge in [0.2, 0.25) is 5.90 Å². The highest BCUT2D eigenvalue weighted by Crippen LogP contribution is 2.38. The molecule has 6 heteroatoms. The fourth-order valence-corrected chi connectivity index (χ4v) is 3.80. The lowest BCUT2D eigenvalue weighted by Gasteiger charge is -2.15. The number of nitrogens with zero attached hydrogens (tertiary/aromatic N) is 1. The maximum Gasteiger partial charge on any atom is 0.363 e. The number of ether oxygens (including phenoxy) is 3. The van der Waals surface area contributed by atoms with Crippen LogP contribution in [-0.2, 0) is 16.1 Å². The van der Waals surface area contributed by atoms with Crippen LogP contribution in [-0.4, -0.2) is 18.5 Å². The summed E-state index contributed by atoms with van der Waals surface area (Å²) in [5, 5.41) is 0.384. The summed E-state index contributed by atoms with van der Waals surface area (Å²) >= 11 is 6.55. The van der Waals surface area contributed by atoms with Crippen LogP contribution in [0, 0.1) is 13.8 Å². The SMILES string of the molecule is CCOc1cc(/C=C2\N=C(c3ccccc3C)OC2=O)cc(Cl)c1OCc1cccc(C)c1. The van der Waals surface area contributed by atoms with Gasteiger partial charge in [0, 0.05) is 5.56 Å². The average molecular weight is 462 g/mol. The van der Waals surface area contributed by atoms with Crippen LogP contribution in [0.25, 0.3) is 6.08 Å². The summed E-state index contributed by atoms with van der Waals surface area (Å²) in [7, 11) is 0. The highest BCUT2D eigenvalue weighted by atomic mass is 35.5. The normalized spacial score (nSPS) is 14.2. The Bertz CT molecular complexity index is 1260. The van der Waals surface area contributed by atoms with Gasteiger partial charge in [-0.3, -0.25) is 0 Å². The monoisotopic (exact) mass is 461 g/mol. The zero-order chi connectivity index (χ0) is 23.4. The molecule has 33 heavy (non-hydrogen) atoms. The van der Waals surface area contributed by atoms with Crippen molar-refractivity contribution in [3.05, 3.63) is 99.2 Å². The molecule has 4 rings (SSSR count). The van der Waals surface area contributed by atoms with E-state index in [9.17, 15) is 4.79 Å². The number of aryl methyl sites for hydroxylation is 2. The van der Waals surface area contributed by atoms with Crippen LogP contribution < -0.4 is 9.47 Å². The van der Waals surface area contributed by atoms with E-state index in [1.54, 1.807) is 18.2 Å². The minimum Gasteiger partial charge on any atom is -0.490 e. The molecule has 0 saturated heterocycles. The van der Waals surface area contributed by atoms with E-state index >= 15 is 0 Å². The molecule has 0 aromatic heterocycles. The van der Waals surface area contributed by atoms with Gasteiger partial charge in [-0.2, -0.15) is 0 Å². The van der Waals surface area contributed by atoms with Crippen molar-refractivity contribution in [1.82, 2.24) is 0 Å². The fourth-order valence-electron chi connectivity index (χ4n) is 3.53. The average Bonchev–Trinajstić information content (AvgIpc) is 3.13. The fraction of sp³-hybridized carbons (Fsp3) is 0.185. The van der Waals surface area contributed by atoms with Crippen LogP contribution in [0.5, 0.6) is 11.5 Å². The molecule has 1 aliphatic heterocycles. The Balaban J connectivity index is 1.62. The van der Waals surface area contributed by atoms with Crippen molar-refractivity contribution >= 4 is 29.5 Å². The molecule has 0 atom stereocenters. The Morgan fingerprint density at radius 3 is 2.61 bits per heavy atom. The topological polar surface area (TPSA) is 57.1 Å². The predicted octanol–water partition coefficient (Wildman–Crippen LogP) is 6.28. The summed E-state index contributed by atoms with van der Waals surface area (Å²) in [6.45, 7) is 6.66. The van der Waals surface area contributed by atoms with Crippen LogP contribution in [0.4, 0.5) is 0 Å². The van der Waals surface area contributed by atoms with Crippen LogP contribution in [0.3, 0.4) is 0 Å². The minimum absolute atomic E-state index is 0.195. The van der Waals surface area contributed by atoms with Crippen molar-refractivity contribution in [2.75, 3.05) is 6.61 Å². The lowest BCUT2D eigenvalue weighted by atomic mass is 10.1. The maximum atomic E-state index is 12.4. The first-order valence-electron chi connectivity index (χ1n) is 10.7. The molecule has 3 aromatic rings. The van der Waals surface area contributed by atoms with Gasteiger partial charge in [0.15, 0.2) is 17.2 Å². The first-order chi connectivity index (χ1) is 15.9. The number of carbonyl (C=O) groups excluding carboxylic acids is 1. The molecule has 0 fully saturated rings. The lowest BCUT2D eigenvalue weighted by Crippen LogP contribution is -2.06. The van der Waals surface area contributed by atoms with E-state index in [1.807, 2.05) is 63.2 Å². The zero-order valence-electron chi connectivity index (χ0n) is 18.7. The highest BCUT2D eigenvalue weighted by Gasteiger charge is 2.25. The second kappa shape index (κ2) is 9.92. The van der Waals surface area contributed by atoms with Gasteiger partial charge >= 0.3 is 5.97 Å². The van der Waals surface area contributed by atoms with Crippen LogP contribution in [0.15, 0.2) is 71.4 Å². The summed E-state index contributed by atoms with van der Waals surface area (Å²) in [4.78, 5) is 16.8. The maximum absolute atomic E-state index is 12.4. The number of hydrogen-bond acceptors (Lipinski definition) is 5. The number of aliphatic imine (C=N–C) groups is 1. The van der Waals surface area contributed by atoms with Crippen molar-refractivity contribution in [2.45, 2.75) is 27.4 Å². The number of cyclic esters (lactones) is 1. The van der Waals surface area contributed by atoms with Crippen molar-refractivity contribution in [1.29, 1.82) is 0 Å². The summed E-state index contributed by atoms with van der Waals surface area (Å²) in [6.07, 6.45) is 1.63. The second-order valence-electron chi connectivity index (χ2n) is 7.69. The molecular weight excluding hydrogens is 438 g/mol. The largest absolute Gasteiger partial charge is 0.490 e. The van der Waals surface area contributed by atoms with Crippen LogP contribution >= 0.6 is 11.6 Å². The summed E-state index contributed by atoms with van der Waals surface area (Å²) in [6, 6.07) is 19.2. The predicted molar refractivity (Wildman–Crippen MR) is 130 cm³/mol. The van der Waals surface area contributed by atoms with Gasteiger partial charge in [-0.15, -0.1) is 0 Å². The molecular formula is C27H24ClNO4. The Morgan fingerprint density at radius 2 is 1.85 bits per heavy atom.